The van der Waals surface area contributed by atoms with E-state index in [1.807, 2.05) is 0 Å². The maximum atomic E-state index is 12.3. The highest BCUT2D eigenvalue weighted by molar-refractivity contribution is 5.87. The zero-order chi connectivity index (χ0) is 13.5. The van der Waals surface area contributed by atoms with Crippen LogP contribution in [-0.4, -0.2) is 49.1 Å². The second-order valence-electron chi connectivity index (χ2n) is 5.04. The van der Waals surface area contributed by atoms with Crippen LogP contribution in [0.4, 0.5) is 0 Å². The Balaban J connectivity index is 2.61. The van der Waals surface area contributed by atoms with Crippen LogP contribution in [-0.2, 0) is 14.3 Å². The first-order valence-electron chi connectivity index (χ1n) is 6.70. The van der Waals surface area contributed by atoms with Crippen molar-refractivity contribution in [3.05, 3.63) is 0 Å². The second kappa shape index (κ2) is 7.36. The van der Waals surface area contributed by atoms with Crippen molar-refractivity contribution in [1.82, 2.24) is 10.2 Å². The largest absolute Gasteiger partial charge is 0.378 e. The van der Waals surface area contributed by atoms with E-state index in [1.165, 1.54) is 0 Å². The molecule has 104 valence electrons. The Hall–Kier alpha value is -1.10. The number of hydrogen-bond acceptors (Lipinski definition) is 3. The van der Waals surface area contributed by atoms with Crippen LogP contribution < -0.4 is 5.32 Å². The first-order chi connectivity index (χ1) is 8.54. The summed E-state index contributed by atoms with van der Waals surface area (Å²) in [5.41, 5.74) is 0. The van der Waals surface area contributed by atoms with E-state index >= 15 is 0 Å². The van der Waals surface area contributed by atoms with E-state index in [1.54, 1.807) is 11.8 Å². The van der Waals surface area contributed by atoms with E-state index in [2.05, 4.69) is 19.2 Å². The lowest BCUT2D eigenvalue weighted by atomic mass is 10.0. The van der Waals surface area contributed by atoms with Gasteiger partial charge in [0, 0.05) is 19.5 Å². The Morgan fingerprint density at radius 1 is 1.28 bits per heavy atom. The third-order valence-electron chi connectivity index (χ3n) is 2.98. The molecule has 1 rings (SSSR count). The maximum Gasteiger partial charge on any atom is 0.245 e. The summed E-state index contributed by atoms with van der Waals surface area (Å²) in [5.74, 6) is 0.327. The van der Waals surface area contributed by atoms with Gasteiger partial charge >= 0.3 is 0 Å². The number of nitrogens with zero attached hydrogens (tertiary/aromatic N) is 1. The summed E-state index contributed by atoms with van der Waals surface area (Å²) in [6.45, 7) is 8.31. The van der Waals surface area contributed by atoms with Gasteiger partial charge in [-0.1, -0.05) is 20.8 Å². The molecule has 0 bridgehead atoms. The van der Waals surface area contributed by atoms with Gasteiger partial charge < -0.3 is 15.0 Å². The zero-order valence-electron chi connectivity index (χ0n) is 11.6. The molecular formula is C13H24N2O3. The highest BCUT2D eigenvalue weighted by Gasteiger charge is 2.27. The Labute approximate surface area is 109 Å². The molecular weight excluding hydrogens is 232 g/mol. The molecule has 18 heavy (non-hydrogen) atoms. The maximum absolute atomic E-state index is 12.3. The molecule has 0 aromatic carbocycles. The standard InChI is InChI=1S/C13H24N2O3/c1-4-12(16)14-11(9-10(2)3)13(17)15-5-7-18-8-6-15/h10-11H,4-9H2,1-3H3,(H,14,16)/t11-/m1/s1. The quantitative estimate of drug-likeness (QED) is 0.791. The van der Waals surface area contributed by atoms with Gasteiger partial charge in [0.2, 0.25) is 11.8 Å². The number of amides is 2. The molecule has 0 aromatic heterocycles. The minimum absolute atomic E-state index is 0.0220. The van der Waals surface area contributed by atoms with E-state index in [9.17, 15) is 9.59 Å². The molecule has 1 saturated heterocycles. The molecule has 1 heterocycles. The summed E-state index contributed by atoms with van der Waals surface area (Å²) in [6.07, 6.45) is 1.09. The molecule has 2 amide bonds. The van der Waals surface area contributed by atoms with Crippen LogP contribution >= 0.6 is 0 Å². The van der Waals surface area contributed by atoms with E-state index in [-0.39, 0.29) is 11.8 Å². The van der Waals surface area contributed by atoms with E-state index < -0.39 is 6.04 Å². The van der Waals surface area contributed by atoms with Gasteiger partial charge in [0.1, 0.15) is 6.04 Å². The Kier molecular flexibility index (Phi) is 6.12. The van der Waals surface area contributed by atoms with Gasteiger partial charge in [-0.2, -0.15) is 0 Å². The van der Waals surface area contributed by atoms with E-state index in [4.69, 9.17) is 4.74 Å². The number of ether oxygens (including phenoxy) is 1. The molecule has 1 aliphatic heterocycles. The summed E-state index contributed by atoms with van der Waals surface area (Å²) in [7, 11) is 0. The number of morpholine rings is 1. The number of carbonyl (C=O) groups excluding carboxylic acids is 2. The minimum atomic E-state index is -0.393. The first-order valence-corrected chi connectivity index (χ1v) is 6.70. The fourth-order valence-corrected chi connectivity index (χ4v) is 1.99. The Morgan fingerprint density at radius 3 is 2.39 bits per heavy atom. The van der Waals surface area contributed by atoms with Crippen molar-refractivity contribution in [2.75, 3.05) is 26.3 Å². The molecule has 0 aromatic rings. The van der Waals surface area contributed by atoms with Crippen molar-refractivity contribution in [2.24, 2.45) is 5.92 Å². The monoisotopic (exact) mass is 256 g/mol. The second-order valence-corrected chi connectivity index (χ2v) is 5.04. The Morgan fingerprint density at radius 2 is 1.89 bits per heavy atom. The number of nitrogens with one attached hydrogen (secondary N) is 1. The van der Waals surface area contributed by atoms with Gasteiger partial charge in [-0.15, -0.1) is 0 Å². The van der Waals surface area contributed by atoms with Crippen molar-refractivity contribution < 1.29 is 14.3 Å². The highest BCUT2D eigenvalue weighted by Crippen LogP contribution is 2.10. The van der Waals surface area contributed by atoms with Crippen LogP contribution in [0, 0.1) is 5.92 Å². The third kappa shape index (κ3) is 4.64. The first kappa shape index (κ1) is 15.0. The van der Waals surface area contributed by atoms with Crippen LogP contribution in [0.3, 0.4) is 0 Å². The molecule has 5 heteroatoms. The predicted molar refractivity (Wildman–Crippen MR) is 69.1 cm³/mol. The molecule has 1 atom stereocenters. The fraction of sp³-hybridized carbons (Fsp3) is 0.846. The lowest BCUT2D eigenvalue weighted by Gasteiger charge is -2.31. The van der Waals surface area contributed by atoms with E-state index in [0.29, 0.717) is 45.1 Å². The molecule has 1 N–H and O–H groups in total. The number of rotatable bonds is 5. The molecule has 0 saturated carbocycles. The van der Waals surface area contributed by atoms with Crippen LogP contribution in [0.1, 0.15) is 33.6 Å². The average Bonchev–Trinajstić information content (AvgIpc) is 2.37. The highest BCUT2D eigenvalue weighted by atomic mass is 16.5. The number of carbonyl (C=O) groups is 2. The molecule has 0 spiro atoms. The van der Waals surface area contributed by atoms with Gasteiger partial charge in [-0.3, -0.25) is 9.59 Å². The SMILES string of the molecule is CCC(=O)N[C@H](CC(C)C)C(=O)N1CCOCC1. The summed E-state index contributed by atoms with van der Waals surface area (Å²) in [6, 6.07) is -0.393. The van der Waals surface area contributed by atoms with Crippen molar-refractivity contribution in [1.29, 1.82) is 0 Å². The van der Waals surface area contributed by atoms with Crippen LogP contribution in [0.25, 0.3) is 0 Å². The summed E-state index contributed by atoms with van der Waals surface area (Å²) in [4.78, 5) is 25.6. The lowest BCUT2D eigenvalue weighted by molar-refractivity contribution is -0.140. The van der Waals surface area contributed by atoms with Crippen LogP contribution in [0.15, 0.2) is 0 Å². The zero-order valence-corrected chi connectivity index (χ0v) is 11.6. The molecule has 0 unspecified atom stereocenters. The smallest absolute Gasteiger partial charge is 0.245 e. The topological polar surface area (TPSA) is 58.6 Å². The van der Waals surface area contributed by atoms with Crippen molar-refractivity contribution in [3.63, 3.8) is 0 Å². The fourth-order valence-electron chi connectivity index (χ4n) is 1.99. The molecule has 0 radical (unpaired) electrons. The molecule has 1 aliphatic rings. The summed E-state index contributed by atoms with van der Waals surface area (Å²) >= 11 is 0. The summed E-state index contributed by atoms with van der Waals surface area (Å²) < 4.78 is 5.23. The summed E-state index contributed by atoms with van der Waals surface area (Å²) in [5, 5.41) is 2.82. The molecule has 5 nitrogen and oxygen atoms in total. The Bertz CT molecular complexity index is 286. The molecule has 0 aliphatic carbocycles. The van der Waals surface area contributed by atoms with Gasteiger partial charge in [0.25, 0.3) is 0 Å². The van der Waals surface area contributed by atoms with Gasteiger partial charge in [-0.25, -0.2) is 0 Å². The molecule has 1 fully saturated rings. The van der Waals surface area contributed by atoms with Crippen molar-refractivity contribution >= 4 is 11.8 Å². The van der Waals surface area contributed by atoms with Crippen molar-refractivity contribution in [3.8, 4) is 0 Å². The van der Waals surface area contributed by atoms with Gasteiger partial charge in [0.05, 0.1) is 13.2 Å². The van der Waals surface area contributed by atoms with Crippen molar-refractivity contribution in [2.45, 2.75) is 39.7 Å². The normalized spacial score (nSPS) is 17.7. The van der Waals surface area contributed by atoms with Crippen LogP contribution in [0.5, 0.6) is 0 Å². The average molecular weight is 256 g/mol. The predicted octanol–water partition coefficient (Wildman–Crippen LogP) is 0.786. The van der Waals surface area contributed by atoms with E-state index in [0.717, 1.165) is 0 Å². The van der Waals surface area contributed by atoms with Gasteiger partial charge in [0.15, 0.2) is 0 Å². The number of hydrogen-bond donors (Lipinski definition) is 1. The third-order valence-corrected chi connectivity index (χ3v) is 2.98. The minimum Gasteiger partial charge on any atom is -0.378 e. The van der Waals surface area contributed by atoms with Crippen LogP contribution in [0.2, 0.25) is 0 Å². The van der Waals surface area contributed by atoms with Gasteiger partial charge in [-0.05, 0) is 12.3 Å². The lowest BCUT2D eigenvalue weighted by Crippen LogP contribution is -2.52.